The van der Waals surface area contributed by atoms with Crippen LogP contribution in [0.25, 0.3) is 0 Å². The number of aliphatic hydroxyl groups is 1. The molecule has 4 nitrogen and oxygen atoms in total. The summed E-state index contributed by atoms with van der Waals surface area (Å²) in [5.41, 5.74) is 5.01. The fourth-order valence-electron chi connectivity index (χ4n) is 3.12. The Bertz CT molecular complexity index is 291. The molecule has 1 saturated heterocycles. The first-order valence-electron chi connectivity index (χ1n) is 6.73. The van der Waals surface area contributed by atoms with E-state index in [1.54, 1.807) is 0 Å². The highest BCUT2D eigenvalue weighted by Gasteiger charge is 2.37. The first-order chi connectivity index (χ1) is 8.02. The van der Waals surface area contributed by atoms with Gasteiger partial charge in [0, 0.05) is 19.0 Å². The summed E-state index contributed by atoms with van der Waals surface area (Å²) in [5, 5.41) is 9.90. The van der Waals surface area contributed by atoms with E-state index >= 15 is 0 Å². The van der Waals surface area contributed by atoms with Gasteiger partial charge in [-0.2, -0.15) is 0 Å². The molecule has 0 radical (unpaired) electrons. The zero-order chi connectivity index (χ0) is 12.5. The Morgan fingerprint density at radius 2 is 2.29 bits per heavy atom. The van der Waals surface area contributed by atoms with E-state index in [-0.39, 0.29) is 11.8 Å². The lowest BCUT2D eigenvalue weighted by atomic mass is 9.81. The Hall–Kier alpha value is -0.610. The van der Waals surface area contributed by atoms with E-state index in [2.05, 4.69) is 0 Å². The van der Waals surface area contributed by atoms with E-state index in [0.29, 0.717) is 32.0 Å². The highest BCUT2D eigenvalue weighted by Crippen LogP contribution is 2.31. The third-order valence-corrected chi connectivity index (χ3v) is 4.23. The SMILES string of the molecule is CC1(O)CCN(C(=O)C2CCCC(CN)C2)C1. The molecule has 0 aromatic heterocycles. The van der Waals surface area contributed by atoms with Gasteiger partial charge in [0.1, 0.15) is 0 Å². The second-order valence-corrected chi connectivity index (χ2v) is 5.97. The van der Waals surface area contributed by atoms with E-state index in [9.17, 15) is 9.90 Å². The largest absolute Gasteiger partial charge is 0.388 e. The second-order valence-electron chi connectivity index (χ2n) is 5.97. The van der Waals surface area contributed by atoms with Gasteiger partial charge in [0.25, 0.3) is 0 Å². The summed E-state index contributed by atoms with van der Waals surface area (Å²) >= 11 is 0. The van der Waals surface area contributed by atoms with E-state index in [4.69, 9.17) is 5.73 Å². The van der Waals surface area contributed by atoms with Gasteiger partial charge in [0.2, 0.25) is 5.91 Å². The monoisotopic (exact) mass is 240 g/mol. The van der Waals surface area contributed by atoms with Gasteiger partial charge in [0.05, 0.1) is 5.60 Å². The van der Waals surface area contributed by atoms with Crippen LogP contribution in [-0.4, -0.2) is 41.1 Å². The molecular formula is C13H24N2O2. The molecule has 2 rings (SSSR count). The van der Waals surface area contributed by atoms with Crippen LogP contribution in [-0.2, 0) is 4.79 Å². The molecule has 3 atom stereocenters. The van der Waals surface area contributed by atoms with Crippen LogP contribution >= 0.6 is 0 Å². The molecule has 0 aromatic rings. The van der Waals surface area contributed by atoms with Crippen LogP contribution in [0.1, 0.15) is 39.0 Å². The summed E-state index contributed by atoms with van der Waals surface area (Å²) in [7, 11) is 0. The summed E-state index contributed by atoms with van der Waals surface area (Å²) < 4.78 is 0. The molecule has 1 heterocycles. The zero-order valence-corrected chi connectivity index (χ0v) is 10.7. The van der Waals surface area contributed by atoms with Crippen LogP contribution in [0.5, 0.6) is 0 Å². The maximum Gasteiger partial charge on any atom is 0.225 e. The summed E-state index contributed by atoms with van der Waals surface area (Å²) in [4.78, 5) is 14.2. The number of amides is 1. The summed E-state index contributed by atoms with van der Waals surface area (Å²) in [6.07, 6.45) is 4.91. The molecule has 1 saturated carbocycles. The average Bonchev–Trinajstić information content (AvgIpc) is 2.69. The fraction of sp³-hybridized carbons (Fsp3) is 0.923. The lowest BCUT2D eigenvalue weighted by molar-refractivity contribution is -0.136. The van der Waals surface area contributed by atoms with Gasteiger partial charge in [-0.1, -0.05) is 6.42 Å². The maximum atomic E-state index is 12.3. The maximum absolute atomic E-state index is 12.3. The van der Waals surface area contributed by atoms with Gasteiger partial charge >= 0.3 is 0 Å². The average molecular weight is 240 g/mol. The highest BCUT2D eigenvalue weighted by atomic mass is 16.3. The summed E-state index contributed by atoms with van der Waals surface area (Å²) in [5.74, 6) is 0.896. The van der Waals surface area contributed by atoms with Crippen molar-refractivity contribution in [2.45, 2.75) is 44.6 Å². The van der Waals surface area contributed by atoms with Crippen molar-refractivity contribution >= 4 is 5.91 Å². The number of carbonyl (C=O) groups excluding carboxylic acids is 1. The van der Waals surface area contributed by atoms with Crippen molar-refractivity contribution in [1.29, 1.82) is 0 Å². The Kier molecular flexibility index (Phi) is 3.73. The van der Waals surface area contributed by atoms with Gasteiger partial charge < -0.3 is 15.7 Å². The minimum atomic E-state index is -0.683. The van der Waals surface area contributed by atoms with Crippen LogP contribution in [0, 0.1) is 11.8 Å². The van der Waals surface area contributed by atoms with Crippen LogP contribution in [0.15, 0.2) is 0 Å². The number of hydrogen-bond acceptors (Lipinski definition) is 3. The van der Waals surface area contributed by atoms with Crippen molar-refractivity contribution in [3.05, 3.63) is 0 Å². The molecule has 1 amide bonds. The van der Waals surface area contributed by atoms with Crippen LogP contribution in [0.3, 0.4) is 0 Å². The molecule has 3 unspecified atom stereocenters. The van der Waals surface area contributed by atoms with Crippen molar-refractivity contribution in [1.82, 2.24) is 4.90 Å². The number of hydrogen-bond donors (Lipinski definition) is 2. The van der Waals surface area contributed by atoms with Crippen LogP contribution < -0.4 is 5.73 Å². The number of nitrogens with two attached hydrogens (primary N) is 1. The predicted octanol–water partition coefficient (Wildman–Crippen LogP) is 0.735. The molecule has 17 heavy (non-hydrogen) atoms. The Morgan fingerprint density at radius 1 is 1.53 bits per heavy atom. The predicted molar refractivity (Wildman–Crippen MR) is 66.3 cm³/mol. The number of likely N-dealkylation sites (tertiary alicyclic amines) is 1. The fourth-order valence-corrected chi connectivity index (χ4v) is 3.12. The van der Waals surface area contributed by atoms with Crippen molar-refractivity contribution < 1.29 is 9.90 Å². The molecule has 0 spiro atoms. The molecule has 2 aliphatic rings. The minimum Gasteiger partial charge on any atom is -0.388 e. The van der Waals surface area contributed by atoms with Crippen molar-refractivity contribution in [2.75, 3.05) is 19.6 Å². The van der Waals surface area contributed by atoms with Gasteiger partial charge in [-0.3, -0.25) is 4.79 Å². The molecule has 0 bridgehead atoms. The molecular weight excluding hydrogens is 216 g/mol. The Labute approximate surface area is 103 Å². The van der Waals surface area contributed by atoms with Gasteiger partial charge in [-0.25, -0.2) is 0 Å². The first-order valence-corrected chi connectivity index (χ1v) is 6.73. The number of nitrogens with zero attached hydrogens (tertiary/aromatic N) is 1. The third-order valence-electron chi connectivity index (χ3n) is 4.23. The third kappa shape index (κ3) is 2.99. The van der Waals surface area contributed by atoms with Crippen molar-refractivity contribution in [2.24, 2.45) is 17.6 Å². The van der Waals surface area contributed by atoms with Gasteiger partial charge in [-0.05, 0) is 45.1 Å². The molecule has 1 aliphatic heterocycles. The molecule has 2 fully saturated rings. The minimum absolute atomic E-state index is 0.145. The van der Waals surface area contributed by atoms with Gasteiger partial charge in [0.15, 0.2) is 0 Å². The molecule has 98 valence electrons. The molecule has 1 aliphatic carbocycles. The lowest BCUT2D eigenvalue weighted by Gasteiger charge is -2.30. The molecule has 3 N–H and O–H groups in total. The van der Waals surface area contributed by atoms with Gasteiger partial charge in [-0.15, -0.1) is 0 Å². The standard InChI is InChI=1S/C13H24N2O2/c1-13(17)5-6-15(9-13)12(16)11-4-2-3-10(7-11)8-14/h10-11,17H,2-9,14H2,1H3. The summed E-state index contributed by atoms with van der Waals surface area (Å²) in [6, 6.07) is 0. The normalized spacial score (nSPS) is 38.4. The van der Waals surface area contributed by atoms with Crippen LogP contribution in [0.2, 0.25) is 0 Å². The quantitative estimate of drug-likeness (QED) is 0.748. The smallest absolute Gasteiger partial charge is 0.225 e. The van der Waals surface area contributed by atoms with E-state index in [1.807, 2.05) is 11.8 Å². The molecule has 4 heteroatoms. The number of β-amino-alcohol motifs (C(OH)–C–C–N with tert-alkyl or cyclic N) is 1. The lowest BCUT2D eigenvalue weighted by Crippen LogP contribution is -2.39. The van der Waals surface area contributed by atoms with E-state index < -0.39 is 5.60 Å². The Balaban J connectivity index is 1.91. The van der Waals surface area contributed by atoms with E-state index in [0.717, 1.165) is 25.7 Å². The Morgan fingerprint density at radius 3 is 2.88 bits per heavy atom. The summed E-state index contributed by atoms with van der Waals surface area (Å²) in [6.45, 7) is 3.70. The van der Waals surface area contributed by atoms with Crippen molar-refractivity contribution in [3.63, 3.8) is 0 Å². The van der Waals surface area contributed by atoms with E-state index in [1.165, 1.54) is 0 Å². The topological polar surface area (TPSA) is 66.6 Å². The number of rotatable bonds is 2. The van der Waals surface area contributed by atoms with Crippen molar-refractivity contribution in [3.8, 4) is 0 Å². The van der Waals surface area contributed by atoms with Crippen LogP contribution in [0.4, 0.5) is 0 Å². The highest BCUT2D eigenvalue weighted by molar-refractivity contribution is 5.79. The first kappa shape index (κ1) is 12.8. The zero-order valence-electron chi connectivity index (χ0n) is 10.7. The molecule has 0 aromatic carbocycles. The second kappa shape index (κ2) is 4.94. The number of carbonyl (C=O) groups is 1.